The van der Waals surface area contributed by atoms with Crippen LogP contribution in [0, 0.1) is 0 Å². The lowest BCUT2D eigenvalue weighted by Crippen LogP contribution is -1.83. The predicted octanol–water partition coefficient (Wildman–Crippen LogP) is 4.62. The highest BCUT2D eigenvalue weighted by Crippen LogP contribution is 2.28. The van der Waals surface area contributed by atoms with Crippen LogP contribution < -0.4 is 5.73 Å². The molecule has 150 valence electrons. The number of hydrogen-bond donors (Lipinski definition) is 3. The van der Waals surface area contributed by atoms with Gasteiger partial charge in [-0.25, -0.2) is 4.79 Å². The summed E-state index contributed by atoms with van der Waals surface area (Å²) in [4.78, 5) is 13.6. The van der Waals surface area contributed by atoms with Gasteiger partial charge in [-0.05, 0) is 35.7 Å². The molecule has 5 rings (SSSR count). The minimum atomic E-state index is 0.522. The smallest absolute Gasteiger partial charge is 0.240 e. The number of hydrogen-bond acceptors (Lipinski definition) is 8. The van der Waals surface area contributed by atoms with E-state index in [2.05, 4.69) is 25.4 Å². The van der Waals surface area contributed by atoms with Gasteiger partial charge < -0.3 is 10.5 Å². The first-order valence-corrected chi connectivity index (χ1v) is 10.7. The maximum Gasteiger partial charge on any atom is 0.240 e. The molecule has 4 aromatic rings. The average Bonchev–Trinajstić information content (AvgIpc) is 3.56. The van der Waals surface area contributed by atoms with Gasteiger partial charge in [-0.2, -0.15) is 37.9 Å². The summed E-state index contributed by atoms with van der Waals surface area (Å²) in [6.07, 6.45) is 7.16. The van der Waals surface area contributed by atoms with Crippen molar-refractivity contribution >= 4 is 40.1 Å². The van der Waals surface area contributed by atoms with Gasteiger partial charge in [0.15, 0.2) is 0 Å². The third-order valence-electron chi connectivity index (χ3n) is 3.90. The summed E-state index contributed by atoms with van der Waals surface area (Å²) in [6, 6.07) is 3.94. The molecule has 0 radical (unpaired) electrons. The number of nitrogens with two attached hydrogens (primary N) is 1. The molecule has 0 unspecified atom stereocenters. The van der Waals surface area contributed by atoms with Crippen molar-refractivity contribution in [2.75, 3.05) is 18.9 Å². The highest BCUT2D eigenvalue weighted by atomic mass is 32.1. The predicted molar refractivity (Wildman–Crippen MR) is 116 cm³/mol. The van der Waals surface area contributed by atoms with Gasteiger partial charge in [-0.1, -0.05) is 0 Å². The number of nitrogens with zero attached hydrogens (tertiary/aromatic N) is 3. The van der Waals surface area contributed by atoms with Gasteiger partial charge in [-0.15, -0.1) is 0 Å². The van der Waals surface area contributed by atoms with Crippen molar-refractivity contribution in [3.05, 3.63) is 46.0 Å². The summed E-state index contributed by atoms with van der Waals surface area (Å²) in [5, 5.41) is 21.2. The Bertz CT molecular complexity index is 1010. The fraction of sp³-hybridized carbons (Fsp3) is 0.211. The van der Waals surface area contributed by atoms with Gasteiger partial charge in [0.1, 0.15) is 5.69 Å². The lowest BCUT2D eigenvalue weighted by molar-refractivity contribution is 0.198. The summed E-state index contributed by atoms with van der Waals surface area (Å²) < 4.78 is 4.94. The summed E-state index contributed by atoms with van der Waals surface area (Å²) in [7, 11) is 0. The zero-order valence-corrected chi connectivity index (χ0v) is 17.1. The first-order valence-electron chi connectivity index (χ1n) is 8.82. The monoisotopic (exact) mass is 428 g/mol. The molecule has 0 bridgehead atoms. The normalized spacial score (nSPS) is 12.3. The van der Waals surface area contributed by atoms with Gasteiger partial charge in [0, 0.05) is 35.1 Å². The fourth-order valence-electron chi connectivity index (χ4n) is 2.48. The maximum absolute atomic E-state index is 10.1. The van der Waals surface area contributed by atoms with E-state index >= 15 is 0 Å². The molecule has 29 heavy (non-hydrogen) atoms. The Morgan fingerprint density at radius 2 is 1.62 bits per heavy atom. The number of H-pyrrole nitrogens is 2. The number of aromatic amines is 2. The highest BCUT2D eigenvalue weighted by Gasteiger charge is 2.06. The third kappa shape index (κ3) is 5.97. The third-order valence-corrected chi connectivity index (χ3v) is 5.27. The second-order valence-electron chi connectivity index (χ2n) is 5.88. The lowest BCUT2D eigenvalue weighted by Gasteiger charge is -1.91. The molecule has 1 saturated heterocycles. The van der Waals surface area contributed by atoms with Gasteiger partial charge in [0.2, 0.25) is 6.08 Å². The van der Waals surface area contributed by atoms with Crippen molar-refractivity contribution in [1.82, 2.24) is 20.4 Å². The van der Waals surface area contributed by atoms with E-state index in [0.717, 1.165) is 35.7 Å². The van der Waals surface area contributed by atoms with Crippen molar-refractivity contribution in [1.29, 1.82) is 0 Å². The quantitative estimate of drug-likeness (QED) is 0.324. The molecule has 0 amide bonds. The highest BCUT2D eigenvalue weighted by molar-refractivity contribution is 7.08. The van der Waals surface area contributed by atoms with E-state index in [9.17, 15) is 4.79 Å². The second kappa shape index (κ2) is 11.1. The van der Waals surface area contributed by atoms with Gasteiger partial charge in [0.05, 0.1) is 29.5 Å². The van der Waals surface area contributed by atoms with Crippen LogP contribution in [0.15, 0.2) is 51.0 Å². The molecule has 0 aromatic carbocycles. The molecular weight excluding hydrogens is 408 g/mol. The van der Waals surface area contributed by atoms with Crippen LogP contribution >= 0.6 is 22.7 Å². The second-order valence-corrected chi connectivity index (χ2v) is 7.44. The van der Waals surface area contributed by atoms with Crippen molar-refractivity contribution in [3.8, 4) is 22.5 Å². The number of carbonyl (C=O) groups excluding carboxylic acids is 1. The van der Waals surface area contributed by atoms with Crippen LogP contribution in [-0.4, -0.2) is 39.7 Å². The number of nitrogen functional groups attached to an aromatic ring is 1. The molecular formula is C19H20N6O2S2. The summed E-state index contributed by atoms with van der Waals surface area (Å²) in [5.74, 6) is 0. The number of nitrogens with one attached hydrogen (secondary N) is 2. The molecule has 4 aromatic heterocycles. The number of thiophene rings is 2. The Morgan fingerprint density at radius 1 is 1.00 bits per heavy atom. The Hall–Kier alpha value is -3.04. The molecule has 5 heterocycles. The lowest BCUT2D eigenvalue weighted by atomic mass is 10.2. The van der Waals surface area contributed by atoms with Crippen LogP contribution in [0.3, 0.4) is 0 Å². The fourth-order valence-corrected chi connectivity index (χ4v) is 3.77. The zero-order valence-electron chi connectivity index (χ0n) is 15.5. The average molecular weight is 429 g/mol. The largest absolute Gasteiger partial charge is 0.396 e. The number of isocyanates is 1. The maximum atomic E-state index is 10.1. The van der Waals surface area contributed by atoms with Gasteiger partial charge >= 0.3 is 0 Å². The SMILES string of the molecule is C1CCOC1.Nc1cn[nH]c1-c1ccsc1.O=C=Nc1cn[nH]c1-c1ccsc1. The van der Waals surface area contributed by atoms with Crippen LogP contribution in [0.4, 0.5) is 11.4 Å². The minimum Gasteiger partial charge on any atom is -0.396 e. The molecule has 1 aliphatic rings. The van der Waals surface area contributed by atoms with E-state index in [1.807, 2.05) is 33.7 Å². The van der Waals surface area contributed by atoms with E-state index in [-0.39, 0.29) is 0 Å². The molecule has 1 fully saturated rings. The van der Waals surface area contributed by atoms with E-state index < -0.39 is 0 Å². The molecule has 0 saturated carbocycles. The standard InChI is InChI=1S/C8H5N3OS.C7H7N3S.C4H8O/c12-5-9-7-3-10-11-8(7)6-1-2-13-4-6;8-6-3-9-10-7(6)5-1-2-11-4-5;1-2-4-5-3-1/h1-4H,(H,10,11);1-4H,8H2,(H,9,10);1-4H2. The van der Waals surface area contributed by atoms with E-state index in [4.69, 9.17) is 10.5 Å². The first kappa shape index (κ1) is 20.7. The Morgan fingerprint density at radius 3 is 2.10 bits per heavy atom. The Balaban J connectivity index is 0.000000136. The Labute approximate surface area is 175 Å². The van der Waals surface area contributed by atoms with E-state index in [1.54, 1.807) is 28.9 Å². The van der Waals surface area contributed by atoms with Crippen LogP contribution in [0.5, 0.6) is 0 Å². The van der Waals surface area contributed by atoms with Crippen LogP contribution in [0.1, 0.15) is 12.8 Å². The van der Waals surface area contributed by atoms with Gasteiger partial charge in [0.25, 0.3) is 0 Å². The molecule has 8 nitrogen and oxygen atoms in total. The Kier molecular flexibility index (Phi) is 7.90. The van der Waals surface area contributed by atoms with Crippen molar-refractivity contribution in [2.24, 2.45) is 4.99 Å². The number of ether oxygens (including phenoxy) is 1. The molecule has 0 aliphatic carbocycles. The zero-order chi connectivity index (χ0) is 20.3. The topological polar surface area (TPSA) is 122 Å². The summed E-state index contributed by atoms with van der Waals surface area (Å²) in [5.41, 5.74) is 10.6. The number of rotatable bonds is 3. The summed E-state index contributed by atoms with van der Waals surface area (Å²) in [6.45, 7) is 2.00. The number of aliphatic imine (C=N–C) groups is 1. The van der Waals surface area contributed by atoms with Crippen molar-refractivity contribution in [2.45, 2.75) is 12.8 Å². The van der Waals surface area contributed by atoms with Crippen molar-refractivity contribution in [3.63, 3.8) is 0 Å². The van der Waals surface area contributed by atoms with Crippen LogP contribution in [0.25, 0.3) is 22.5 Å². The minimum absolute atomic E-state index is 0.522. The summed E-state index contributed by atoms with van der Waals surface area (Å²) >= 11 is 3.22. The molecule has 0 atom stereocenters. The number of anilines is 1. The molecule has 1 aliphatic heterocycles. The van der Waals surface area contributed by atoms with E-state index in [0.29, 0.717) is 11.4 Å². The van der Waals surface area contributed by atoms with Gasteiger partial charge in [-0.3, -0.25) is 10.2 Å². The first-order chi connectivity index (χ1) is 14.3. The van der Waals surface area contributed by atoms with Crippen LogP contribution in [-0.2, 0) is 9.53 Å². The molecule has 4 N–H and O–H groups in total. The van der Waals surface area contributed by atoms with E-state index in [1.165, 1.54) is 25.1 Å². The molecule has 0 spiro atoms. The number of aromatic nitrogens is 4. The van der Waals surface area contributed by atoms with Crippen molar-refractivity contribution < 1.29 is 9.53 Å². The molecule has 10 heteroatoms. The van der Waals surface area contributed by atoms with Crippen LogP contribution in [0.2, 0.25) is 0 Å².